The number of hydrogen-bond acceptors (Lipinski definition) is 6. The van der Waals surface area contributed by atoms with Crippen LogP contribution in [0.2, 0.25) is 0 Å². The Hall–Kier alpha value is -2.75. The van der Waals surface area contributed by atoms with Crippen molar-refractivity contribution in [2.75, 3.05) is 20.8 Å². The highest BCUT2D eigenvalue weighted by Crippen LogP contribution is 2.27. The van der Waals surface area contributed by atoms with Crippen molar-refractivity contribution in [3.8, 4) is 17.6 Å². The van der Waals surface area contributed by atoms with E-state index in [9.17, 15) is 9.59 Å². The first-order chi connectivity index (χ1) is 11.5. The summed E-state index contributed by atoms with van der Waals surface area (Å²) < 4.78 is 15.3. The first-order valence-electron chi connectivity index (χ1n) is 7.54. The predicted octanol–water partition coefficient (Wildman–Crippen LogP) is 1.65. The average Bonchev–Trinajstić information content (AvgIpc) is 2.62. The van der Waals surface area contributed by atoms with Gasteiger partial charge in [-0.25, -0.2) is 4.79 Å². The van der Waals surface area contributed by atoms with E-state index < -0.39 is 17.9 Å². The summed E-state index contributed by atoms with van der Waals surface area (Å²) in [6, 6.07) is 5.90. The molecule has 1 rings (SSSR count). The van der Waals surface area contributed by atoms with Gasteiger partial charge in [-0.1, -0.05) is 20.3 Å². The molecule has 130 valence electrons. The Labute approximate surface area is 141 Å². The fourth-order valence-corrected chi connectivity index (χ4v) is 2.01. The van der Waals surface area contributed by atoms with Crippen LogP contribution in [0.4, 0.5) is 0 Å². The number of nitriles is 1. The number of methoxy groups -OCH3 is 2. The molecule has 2 atom stereocenters. The van der Waals surface area contributed by atoms with Crippen molar-refractivity contribution in [3.63, 3.8) is 0 Å². The summed E-state index contributed by atoms with van der Waals surface area (Å²) in [5, 5.41) is 11.5. The molecular weight excluding hydrogens is 312 g/mol. The third kappa shape index (κ3) is 5.16. The predicted molar refractivity (Wildman–Crippen MR) is 86.6 cm³/mol. The zero-order valence-corrected chi connectivity index (χ0v) is 14.3. The van der Waals surface area contributed by atoms with E-state index in [4.69, 9.17) is 19.5 Å². The number of amides is 1. The Morgan fingerprint density at radius 1 is 1.29 bits per heavy atom. The largest absolute Gasteiger partial charge is 0.493 e. The van der Waals surface area contributed by atoms with E-state index in [-0.39, 0.29) is 12.5 Å². The molecular formula is C17H22N2O5. The highest BCUT2D eigenvalue weighted by Gasteiger charge is 2.26. The monoisotopic (exact) mass is 334 g/mol. The standard InChI is InChI=1S/C17H22N2O5/c1-5-11(2)16(17(21)23-4)19-15(20)10-24-13-7-6-12(9-18)8-14(13)22-3/h6-8,11,16H,5,10H2,1-4H3,(H,19,20). The Morgan fingerprint density at radius 3 is 2.54 bits per heavy atom. The van der Waals surface area contributed by atoms with E-state index in [1.807, 2.05) is 19.9 Å². The summed E-state index contributed by atoms with van der Waals surface area (Å²) in [4.78, 5) is 23.8. The summed E-state index contributed by atoms with van der Waals surface area (Å²) >= 11 is 0. The van der Waals surface area contributed by atoms with Gasteiger partial charge >= 0.3 is 5.97 Å². The molecule has 0 aliphatic heterocycles. The molecule has 7 heteroatoms. The molecule has 24 heavy (non-hydrogen) atoms. The topological polar surface area (TPSA) is 97.6 Å². The Kier molecular flexibility index (Phi) is 7.56. The van der Waals surface area contributed by atoms with Gasteiger partial charge in [0.05, 0.1) is 25.9 Å². The molecule has 0 saturated heterocycles. The first-order valence-corrected chi connectivity index (χ1v) is 7.54. The lowest BCUT2D eigenvalue weighted by Crippen LogP contribution is -2.47. The normalized spacial score (nSPS) is 12.5. The van der Waals surface area contributed by atoms with Crippen LogP contribution in [0.1, 0.15) is 25.8 Å². The minimum Gasteiger partial charge on any atom is -0.493 e. The number of carbonyl (C=O) groups excluding carboxylic acids is 2. The van der Waals surface area contributed by atoms with E-state index in [0.717, 1.165) is 0 Å². The minimum absolute atomic E-state index is 0.0640. The highest BCUT2D eigenvalue weighted by atomic mass is 16.5. The van der Waals surface area contributed by atoms with Gasteiger partial charge in [-0.3, -0.25) is 4.79 Å². The molecule has 2 unspecified atom stereocenters. The number of esters is 1. The van der Waals surface area contributed by atoms with Crippen LogP contribution in [0.5, 0.6) is 11.5 Å². The molecule has 0 aliphatic rings. The Balaban J connectivity index is 2.71. The third-order valence-corrected chi connectivity index (χ3v) is 3.64. The number of benzene rings is 1. The number of ether oxygens (including phenoxy) is 3. The van der Waals surface area contributed by atoms with Gasteiger partial charge in [-0.15, -0.1) is 0 Å². The Morgan fingerprint density at radius 2 is 2.00 bits per heavy atom. The molecule has 0 radical (unpaired) electrons. The van der Waals surface area contributed by atoms with Gasteiger partial charge in [0.25, 0.3) is 5.91 Å². The third-order valence-electron chi connectivity index (χ3n) is 3.64. The van der Waals surface area contributed by atoms with Gasteiger partial charge in [-0.2, -0.15) is 5.26 Å². The van der Waals surface area contributed by atoms with Crippen LogP contribution in [-0.2, 0) is 14.3 Å². The summed E-state index contributed by atoms with van der Waals surface area (Å²) in [5.74, 6) is -0.310. The lowest BCUT2D eigenvalue weighted by atomic mass is 9.99. The second-order valence-corrected chi connectivity index (χ2v) is 5.22. The molecule has 0 heterocycles. The molecule has 0 spiro atoms. The molecule has 1 N–H and O–H groups in total. The highest BCUT2D eigenvalue weighted by molar-refractivity contribution is 5.85. The van der Waals surface area contributed by atoms with E-state index in [1.54, 1.807) is 12.1 Å². The minimum atomic E-state index is -0.723. The quantitative estimate of drug-likeness (QED) is 0.726. The van der Waals surface area contributed by atoms with Crippen molar-refractivity contribution in [2.45, 2.75) is 26.3 Å². The number of rotatable bonds is 8. The van der Waals surface area contributed by atoms with Gasteiger partial charge in [0.1, 0.15) is 6.04 Å². The molecule has 1 aromatic carbocycles. The molecule has 0 aliphatic carbocycles. The van der Waals surface area contributed by atoms with E-state index in [0.29, 0.717) is 23.5 Å². The first kappa shape index (κ1) is 19.3. The van der Waals surface area contributed by atoms with Gasteiger partial charge in [0, 0.05) is 6.07 Å². The van der Waals surface area contributed by atoms with Gasteiger partial charge < -0.3 is 19.5 Å². The van der Waals surface area contributed by atoms with Crippen LogP contribution in [0, 0.1) is 17.2 Å². The van der Waals surface area contributed by atoms with Crippen LogP contribution in [0.3, 0.4) is 0 Å². The number of carbonyl (C=O) groups is 2. The zero-order valence-electron chi connectivity index (χ0n) is 14.3. The van der Waals surface area contributed by atoms with Gasteiger partial charge in [0.15, 0.2) is 18.1 Å². The van der Waals surface area contributed by atoms with Crippen molar-refractivity contribution in [1.82, 2.24) is 5.32 Å². The van der Waals surface area contributed by atoms with Crippen LogP contribution < -0.4 is 14.8 Å². The van der Waals surface area contributed by atoms with Gasteiger partial charge in [0.2, 0.25) is 0 Å². The second-order valence-electron chi connectivity index (χ2n) is 5.22. The van der Waals surface area contributed by atoms with Crippen molar-refractivity contribution in [2.24, 2.45) is 5.92 Å². The molecule has 1 amide bonds. The zero-order chi connectivity index (χ0) is 18.1. The Bertz CT molecular complexity index is 624. The summed E-state index contributed by atoms with van der Waals surface area (Å²) in [5.41, 5.74) is 0.422. The van der Waals surface area contributed by atoms with Crippen molar-refractivity contribution in [3.05, 3.63) is 23.8 Å². The molecule has 0 saturated carbocycles. The number of nitrogens with zero attached hydrogens (tertiary/aromatic N) is 1. The fourth-order valence-electron chi connectivity index (χ4n) is 2.01. The molecule has 0 fully saturated rings. The number of hydrogen-bond donors (Lipinski definition) is 1. The van der Waals surface area contributed by atoms with Crippen molar-refractivity contribution < 1.29 is 23.8 Å². The maximum Gasteiger partial charge on any atom is 0.328 e. The van der Waals surface area contributed by atoms with E-state index in [2.05, 4.69) is 5.32 Å². The molecule has 7 nitrogen and oxygen atoms in total. The van der Waals surface area contributed by atoms with Crippen LogP contribution in [0.25, 0.3) is 0 Å². The van der Waals surface area contributed by atoms with Gasteiger partial charge in [-0.05, 0) is 18.1 Å². The molecule has 0 aromatic heterocycles. The van der Waals surface area contributed by atoms with E-state index in [1.165, 1.54) is 20.3 Å². The lowest BCUT2D eigenvalue weighted by molar-refractivity contribution is -0.146. The lowest BCUT2D eigenvalue weighted by Gasteiger charge is -2.22. The summed E-state index contributed by atoms with van der Waals surface area (Å²) in [7, 11) is 2.72. The van der Waals surface area contributed by atoms with Crippen molar-refractivity contribution >= 4 is 11.9 Å². The number of nitrogens with one attached hydrogen (secondary N) is 1. The maximum atomic E-state index is 12.1. The SMILES string of the molecule is CCC(C)C(NC(=O)COc1ccc(C#N)cc1OC)C(=O)OC. The van der Waals surface area contributed by atoms with Crippen LogP contribution >= 0.6 is 0 Å². The summed E-state index contributed by atoms with van der Waals surface area (Å²) in [6.07, 6.45) is 0.713. The van der Waals surface area contributed by atoms with Crippen LogP contribution in [-0.4, -0.2) is 38.7 Å². The fraction of sp³-hybridized carbons (Fsp3) is 0.471. The average molecular weight is 334 g/mol. The summed E-state index contributed by atoms with van der Waals surface area (Å²) in [6.45, 7) is 3.49. The maximum absolute atomic E-state index is 12.1. The van der Waals surface area contributed by atoms with Crippen molar-refractivity contribution in [1.29, 1.82) is 5.26 Å². The van der Waals surface area contributed by atoms with E-state index >= 15 is 0 Å². The molecule has 0 bridgehead atoms. The smallest absolute Gasteiger partial charge is 0.328 e. The molecule has 1 aromatic rings. The second kappa shape index (κ2) is 9.40. The van der Waals surface area contributed by atoms with Crippen LogP contribution in [0.15, 0.2) is 18.2 Å².